The minimum absolute atomic E-state index is 0.0175. The highest BCUT2D eigenvalue weighted by atomic mass is 32.3. The molecular weight excluding hydrogens is 846 g/mol. The van der Waals surface area contributed by atoms with Gasteiger partial charge < -0.3 is 34.7 Å². The number of aromatic amines is 1. The van der Waals surface area contributed by atoms with E-state index in [1.54, 1.807) is 17.4 Å². The van der Waals surface area contributed by atoms with Gasteiger partial charge in [0.25, 0.3) is 5.56 Å². The number of carbonyl (C=O) groups excluding carboxylic acids is 2. The van der Waals surface area contributed by atoms with Crippen molar-refractivity contribution >= 4 is 39.3 Å². The molecule has 2 saturated heterocycles. The lowest BCUT2D eigenvalue weighted by molar-refractivity contribution is -0.138. The van der Waals surface area contributed by atoms with Gasteiger partial charge in [0.2, 0.25) is 17.8 Å². The Morgan fingerprint density at radius 3 is 2.42 bits per heavy atom. The number of amides is 2. The Balaban J connectivity index is 0.787. The van der Waals surface area contributed by atoms with Gasteiger partial charge in [-0.25, -0.2) is 9.97 Å². The number of carbonyl (C=O) groups is 2. The van der Waals surface area contributed by atoms with Crippen molar-refractivity contribution in [2.45, 2.75) is 61.5 Å². The van der Waals surface area contributed by atoms with Gasteiger partial charge in [0, 0.05) is 74.0 Å². The first-order chi connectivity index (χ1) is 30.1. The minimum atomic E-state index is -4.82. The summed E-state index contributed by atoms with van der Waals surface area (Å²) in [7, 11) is -4.82. The fraction of sp³-hybridized carbons (Fsp3) is 0.500. The number of rotatable bonds is 23. The van der Waals surface area contributed by atoms with Crippen LogP contribution in [0.1, 0.15) is 48.6 Å². The predicted molar refractivity (Wildman–Crippen MR) is 228 cm³/mol. The van der Waals surface area contributed by atoms with Crippen LogP contribution in [0.4, 0.5) is 9.83 Å². The summed E-state index contributed by atoms with van der Waals surface area (Å²) in [5, 5.41) is 11.6. The molecule has 6 rings (SSSR count). The summed E-state index contributed by atoms with van der Waals surface area (Å²) >= 11 is 1.59. The Morgan fingerprint density at radius 1 is 1.00 bits per heavy atom. The molecule has 2 unspecified atom stereocenters. The summed E-state index contributed by atoms with van der Waals surface area (Å²) in [6, 6.07) is 9.25. The number of aromatic nitrogens is 4. The monoisotopic (exact) mass is 895 g/mol. The van der Waals surface area contributed by atoms with Crippen molar-refractivity contribution in [2.75, 3.05) is 77.7 Å². The summed E-state index contributed by atoms with van der Waals surface area (Å²) in [5.41, 5.74) is 11.1. The number of benzene rings is 1. The maximum atomic E-state index is 13.2. The van der Waals surface area contributed by atoms with Gasteiger partial charge in [0.1, 0.15) is 11.9 Å². The molecule has 2 fully saturated rings. The number of likely N-dealkylation sites (tertiary alicyclic amines) is 2. The molecule has 0 spiro atoms. The second kappa shape index (κ2) is 23.2. The number of thiophene rings is 1. The number of nitrogens with zero attached hydrogens (tertiary/aromatic N) is 8. The van der Waals surface area contributed by atoms with E-state index in [-0.39, 0.29) is 56.3 Å². The zero-order valence-electron chi connectivity index (χ0n) is 34.1. The van der Waals surface area contributed by atoms with Gasteiger partial charge in [0.05, 0.1) is 61.1 Å². The van der Waals surface area contributed by atoms with Crippen molar-refractivity contribution in [3.05, 3.63) is 98.0 Å². The van der Waals surface area contributed by atoms with Crippen LogP contribution in [0.2, 0.25) is 0 Å². The third-order valence-electron chi connectivity index (χ3n) is 10.3. The molecule has 0 saturated carbocycles. The van der Waals surface area contributed by atoms with Crippen LogP contribution in [0, 0.1) is 0 Å². The standard InChI is InChI=1S/C40H50FN11O8S2/c41-62(56,57)32-8-5-28(6-9-32)7-10-37(54)52-27-31(49-50-42)21-34(52)39(55)43-11-14-58-16-18-60-19-17-59-15-12-44-40-45-23-29(24-46-40)25-51-13-1-3-30(26-51)38-47-33(22-36(53)48-38)35-4-2-20-61-35/h2,4-6,8-9,20,22-24,30-31,34H,1,3,7,10-19,21,25-27H2,(H,43,55)(H,44,45,46)(H,47,48,53)/t30?,31?,34-/m0/s1. The molecule has 4 aromatic rings. The summed E-state index contributed by atoms with van der Waals surface area (Å²) < 4.78 is 52.0. The van der Waals surface area contributed by atoms with Crippen LogP contribution in [-0.2, 0) is 47.0 Å². The lowest BCUT2D eigenvalue weighted by atomic mass is 9.96. The molecule has 62 heavy (non-hydrogen) atoms. The summed E-state index contributed by atoms with van der Waals surface area (Å²) in [6.07, 6.45) is 6.04. The van der Waals surface area contributed by atoms with Gasteiger partial charge in [-0.1, -0.05) is 23.3 Å². The third-order valence-corrected chi connectivity index (χ3v) is 12.1. The molecule has 2 aliphatic heterocycles. The number of azide groups is 1. The summed E-state index contributed by atoms with van der Waals surface area (Å²) in [4.78, 5) is 62.2. The molecule has 5 heterocycles. The number of anilines is 1. The maximum absolute atomic E-state index is 13.2. The Morgan fingerprint density at radius 2 is 1.73 bits per heavy atom. The Hall–Kier alpha value is -5.35. The van der Waals surface area contributed by atoms with E-state index in [0.717, 1.165) is 60.0 Å². The number of piperidine rings is 1. The fourth-order valence-electron chi connectivity index (χ4n) is 7.29. The number of halogens is 1. The molecule has 19 nitrogen and oxygen atoms in total. The molecule has 22 heteroatoms. The van der Waals surface area contributed by atoms with Crippen molar-refractivity contribution in [3.8, 4) is 10.6 Å². The number of H-pyrrole nitrogens is 1. The molecular formula is C40H50FN11O8S2. The largest absolute Gasteiger partial charge is 0.377 e. The minimum Gasteiger partial charge on any atom is -0.377 e. The zero-order valence-corrected chi connectivity index (χ0v) is 35.7. The first-order valence-corrected chi connectivity index (χ1v) is 22.6. The van der Waals surface area contributed by atoms with E-state index >= 15 is 0 Å². The molecule has 2 amide bonds. The number of hydrogen-bond acceptors (Lipinski definition) is 15. The summed E-state index contributed by atoms with van der Waals surface area (Å²) in [5.74, 6) is 0.657. The summed E-state index contributed by atoms with van der Waals surface area (Å²) in [6.45, 7) is 5.28. The maximum Gasteiger partial charge on any atom is 0.332 e. The van der Waals surface area contributed by atoms with Gasteiger partial charge in [0.15, 0.2) is 0 Å². The quantitative estimate of drug-likeness (QED) is 0.0316. The van der Waals surface area contributed by atoms with Gasteiger partial charge in [-0.3, -0.25) is 19.3 Å². The lowest BCUT2D eigenvalue weighted by Gasteiger charge is -2.32. The van der Waals surface area contributed by atoms with Gasteiger partial charge >= 0.3 is 10.2 Å². The van der Waals surface area contributed by atoms with Crippen molar-refractivity contribution < 1.29 is 36.1 Å². The van der Waals surface area contributed by atoms with Crippen molar-refractivity contribution in [1.29, 1.82) is 0 Å². The Labute approximate surface area is 362 Å². The normalized spacial score (nSPS) is 18.0. The highest BCUT2D eigenvalue weighted by Crippen LogP contribution is 2.28. The molecule has 0 radical (unpaired) electrons. The van der Waals surface area contributed by atoms with Crippen LogP contribution in [0.3, 0.4) is 0 Å². The first kappa shape index (κ1) is 46.2. The van der Waals surface area contributed by atoms with Crippen LogP contribution >= 0.6 is 11.3 Å². The molecule has 3 atom stereocenters. The first-order valence-electron chi connectivity index (χ1n) is 20.4. The molecule has 2 aliphatic rings. The van der Waals surface area contributed by atoms with Crippen molar-refractivity contribution in [2.24, 2.45) is 5.11 Å². The molecule has 332 valence electrons. The average Bonchev–Trinajstić information content (AvgIpc) is 3.97. The van der Waals surface area contributed by atoms with Gasteiger partial charge in [-0.05, 0) is 66.9 Å². The number of aryl methyl sites for hydroxylation is 1. The highest BCUT2D eigenvalue weighted by molar-refractivity contribution is 7.86. The van der Waals surface area contributed by atoms with E-state index in [9.17, 15) is 26.7 Å². The molecule has 1 aromatic carbocycles. The average molecular weight is 896 g/mol. The van der Waals surface area contributed by atoms with Crippen molar-refractivity contribution in [1.82, 2.24) is 35.1 Å². The zero-order chi connectivity index (χ0) is 43.7. The second-order valence-corrected chi connectivity index (χ2v) is 17.1. The smallest absolute Gasteiger partial charge is 0.332 e. The van der Waals surface area contributed by atoms with E-state index in [1.807, 2.05) is 29.9 Å². The predicted octanol–water partition coefficient (Wildman–Crippen LogP) is 3.82. The number of ether oxygens (including phenoxy) is 3. The van der Waals surface area contributed by atoms with Crippen molar-refractivity contribution in [3.63, 3.8) is 0 Å². The molecule has 3 N–H and O–H groups in total. The van der Waals surface area contributed by atoms with E-state index in [1.165, 1.54) is 17.0 Å². The lowest BCUT2D eigenvalue weighted by Crippen LogP contribution is -2.46. The third kappa shape index (κ3) is 14.1. The van der Waals surface area contributed by atoms with Crippen LogP contribution < -0.4 is 16.2 Å². The van der Waals surface area contributed by atoms with Crippen LogP contribution in [-0.4, -0.2) is 134 Å². The second-order valence-electron chi connectivity index (χ2n) is 14.8. The van der Waals surface area contributed by atoms with E-state index in [4.69, 9.17) is 19.7 Å². The topological polar surface area (TPSA) is 247 Å². The van der Waals surface area contributed by atoms with E-state index < -0.39 is 33.1 Å². The number of nitrogens with one attached hydrogen (secondary N) is 3. The van der Waals surface area contributed by atoms with Crippen LogP contribution in [0.15, 0.2) is 75.0 Å². The Kier molecular flexibility index (Phi) is 17.3. The van der Waals surface area contributed by atoms with Crippen LogP contribution in [0.25, 0.3) is 21.0 Å². The Bertz CT molecular complexity index is 2280. The van der Waals surface area contributed by atoms with Gasteiger partial charge in [-0.2, -0.15) is 13.4 Å². The molecule has 0 bridgehead atoms. The molecule has 0 aliphatic carbocycles. The van der Waals surface area contributed by atoms with E-state index in [2.05, 4.69) is 45.5 Å². The highest BCUT2D eigenvalue weighted by Gasteiger charge is 2.38. The van der Waals surface area contributed by atoms with E-state index in [0.29, 0.717) is 57.6 Å². The SMILES string of the molecule is [N-]=[N+]=NC1C[C@@H](C(=O)NCCOCCOCCOCCNc2ncc(CN3CCCC(c4nc(=O)cc(-c5cccs5)[nH]4)C3)cn2)N(C(=O)CCc2ccc(S(=O)(=O)F)cc2)C1. The van der Waals surface area contributed by atoms with Crippen LogP contribution in [0.5, 0.6) is 0 Å². The molecule has 3 aromatic heterocycles. The van der Waals surface area contributed by atoms with Gasteiger partial charge in [-0.15, -0.1) is 15.2 Å². The fourth-order valence-corrected chi connectivity index (χ4v) is 8.45. The number of hydrogen-bond donors (Lipinski definition) is 3.